The number of nitrogens with one attached hydrogen (secondary N) is 2. The van der Waals surface area contributed by atoms with E-state index in [-0.39, 0.29) is 22.8 Å². The van der Waals surface area contributed by atoms with E-state index in [9.17, 15) is 9.59 Å². The van der Waals surface area contributed by atoms with E-state index >= 15 is 0 Å². The van der Waals surface area contributed by atoms with Gasteiger partial charge in [-0.25, -0.2) is 9.97 Å². The van der Waals surface area contributed by atoms with Gasteiger partial charge in [-0.3, -0.25) is 14.6 Å². The molecule has 1 saturated heterocycles. The van der Waals surface area contributed by atoms with Gasteiger partial charge < -0.3 is 20.1 Å². The molecule has 1 aliphatic heterocycles. The van der Waals surface area contributed by atoms with E-state index in [2.05, 4.69) is 25.5 Å². The van der Waals surface area contributed by atoms with Crippen LogP contribution >= 0.6 is 11.6 Å². The number of halogens is 1. The van der Waals surface area contributed by atoms with E-state index < -0.39 is 0 Å². The third kappa shape index (κ3) is 4.93. The second-order valence-corrected chi connectivity index (χ2v) is 10.3. The molecule has 9 nitrogen and oxygen atoms in total. The minimum atomic E-state index is -0.204. The Labute approximate surface area is 214 Å². The van der Waals surface area contributed by atoms with E-state index in [1.54, 1.807) is 38.8 Å². The largest absolute Gasteiger partial charge is 0.359 e. The maximum atomic E-state index is 12.7. The molecule has 2 aliphatic rings. The number of pyridine rings is 2. The van der Waals surface area contributed by atoms with Crippen LogP contribution in [0, 0.1) is 11.3 Å². The summed E-state index contributed by atoms with van der Waals surface area (Å²) in [6.07, 6.45) is 10.0. The molecule has 4 heterocycles. The summed E-state index contributed by atoms with van der Waals surface area (Å²) in [7, 11) is 3.37. The second kappa shape index (κ2) is 9.89. The maximum Gasteiger partial charge on any atom is 0.274 e. The lowest BCUT2D eigenvalue weighted by molar-refractivity contribution is -0.126. The zero-order chi connectivity index (χ0) is 25.3. The zero-order valence-electron chi connectivity index (χ0n) is 20.5. The maximum absolute atomic E-state index is 12.7. The summed E-state index contributed by atoms with van der Waals surface area (Å²) in [5.41, 5.74) is 1.02. The molecule has 10 heteroatoms. The average molecular weight is 508 g/mol. The summed E-state index contributed by atoms with van der Waals surface area (Å²) in [6.45, 7) is 1.69. The van der Waals surface area contributed by atoms with Gasteiger partial charge in [-0.1, -0.05) is 18.0 Å². The van der Waals surface area contributed by atoms with E-state index in [4.69, 9.17) is 16.6 Å². The Bertz CT molecular complexity index is 1330. The number of amides is 1. The van der Waals surface area contributed by atoms with Crippen LogP contribution in [0.5, 0.6) is 0 Å². The number of anilines is 3. The monoisotopic (exact) mass is 507 g/mol. The minimum absolute atomic E-state index is 0.0660. The third-order valence-corrected chi connectivity index (χ3v) is 7.57. The topological polar surface area (TPSA) is 105 Å². The molecular formula is C26H30ClN7O2. The fourth-order valence-electron chi connectivity index (χ4n) is 5.56. The Morgan fingerprint density at radius 2 is 2.11 bits per heavy atom. The highest BCUT2D eigenvalue weighted by molar-refractivity contribution is 6.30. The van der Waals surface area contributed by atoms with Crippen molar-refractivity contribution in [2.45, 2.75) is 32.1 Å². The highest BCUT2D eigenvalue weighted by atomic mass is 35.5. The number of hydrogen-bond donors (Lipinski definition) is 2. The summed E-state index contributed by atoms with van der Waals surface area (Å²) in [5, 5.41) is 6.44. The molecule has 1 amide bonds. The summed E-state index contributed by atoms with van der Waals surface area (Å²) < 4.78 is 1.44. The number of aromatic nitrogens is 4. The van der Waals surface area contributed by atoms with Crippen LogP contribution in [0.25, 0.3) is 11.4 Å². The van der Waals surface area contributed by atoms with E-state index in [0.29, 0.717) is 22.4 Å². The Morgan fingerprint density at radius 1 is 1.25 bits per heavy atom. The van der Waals surface area contributed by atoms with Crippen molar-refractivity contribution in [3.05, 3.63) is 58.2 Å². The van der Waals surface area contributed by atoms with Crippen LogP contribution in [0.15, 0.2) is 47.7 Å². The van der Waals surface area contributed by atoms with Crippen molar-refractivity contribution in [2.24, 2.45) is 18.4 Å². The summed E-state index contributed by atoms with van der Waals surface area (Å²) >= 11 is 6.20. The van der Waals surface area contributed by atoms with E-state index in [1.165, 1.54) is 4.57 Å². The standard InChI is InChI=1S/C26H30ClN7O2/c1-28-24(35)17-5-3-7-26(13-17)8-10-34(16-26)22-12-21(30-20-11-19(27)15-33(2)25(20)36)31-23(32-22)18-6-4-9-29-14-18/h4,6,9,11-12,14-15,17H,3,5,7-8,10,13,16H2,1-2H3,(H,28,35)(H,30,31,32). The predicted octanol–water partition coefficient (Wildman–Crippen LogP) is 3.77. The van der Waals surface area contributed by atoms with Gasteiger partial charge in [0.25, 0.3) is 5.56 Å². The molecule has 1 aliphatic carbocycles. The molecule has 2 atom stereocenters. The first-order chi connectivity index (χ1) is 17.4. The smallest absolute Gasteiger partial charge is 0.274 e. The molecule has 0 bridgehead atoms. The summed E-state index contributed by atoms with van der Waals surface area (Å²) in [4.78, 5) is 41.1. The van der Waals surface area contributed by atoms with Gasteiger partial charge in [0.2, 0.25) is 5.91 Å². The molecule has 5 rings (SSSR count). The molecule has 0 radical (unpaired) electrons. The molecule has 1 spiro atoms. The Kier molecular flexibility index (Phi) is 6.66. The van der Waals surface area contributed by atoms with Crippen molar-refractivity contribution in [3.63, 3.8) is 0 Å². The summed E-state index contributed by atoms with van der Waals surface area (Å²) in [6, 6.07) is 7.23. The van der Waals surface area contributed by atoms with Gasteiger partial charge in [0.05, 0.1) is 5.02 Å². The lowest BCUT2D eigenvalue weighted by Crippen LogP contribution is -2.38. The quantitative estimate of drug-likeness (QED) is 0.541. The van der Waals surface area contributed by atoms with Gasteiger partial charge in [0, 0.05) is 63.3 Å². The molecule has 0 aromatic carbocycles. The molecule has 1 saturated carbocycles. The number of carbonyl (C=O) groups excluding carboxylic acids is 1. The van der Waals surface area contributed by atoms with Gasteiger partial charge in [-0.15, -0.1) is 0 Å². The number of carbonyl (C=O) groups is 1. The van der Waals surface area contributed by atoms with E-state index in [1.807, 2.05) is 18.2 Å². The number of nitrogens with zero attached hydrogens (tertiary/aromatic N) is 5. The third-order valence-electron chi connectivity index (χ3n) is 7.36. The lowest BCUT2D eigenvalue weighted by Gasteiger charge is -2.37. The first-order valence-corrected chi connectivity index (χ1v) is 12.6. The van der Waals surface area contributed by atoms with Gasteiger partial charge >= 0.3 is 0 Å². The minimum Gasteiger partial charge on any atom is -0.359 e. The number of hydrogen-bond acceptors (Lipinski definition) is 7. The molecule has 3 aromatic rings. The highest BCUT2D eigenvalue weighted by Gasteiger charge is 2.43. The average Bonchev–Trinajstić information content (AvgIpc) is 3.29. The van der Waals surface area contributed by atoms with Crippen molar-refractivity contribution >= 4 is 34.8 Å². The van der Waals surface area contributed by atoms with Crippen molar-refractivity contribution in [2.75, 3.05) is 30.4 Å². The molecule has 3 aromatic heterocycles. The van der Waals surface area contributed by atoms with Crippen molar-refractivity contribution in [1.29, 1.82) is 0 Å². The van der Waals surface area contributed by atoms with Crippen LogP contribution in [-0.4, -0.2) is 45.6 Å². The van der Waals surface area contributed by atoms with Crippen molar-refractivity contribution in [3.8, 4) is 11.4 Å². The van der Waals surface area contributed by atoms with Crippen molar-refractivity contribution in [1.82, 2.24) is 24.8 Å². The van der Waals surface area contributed by atoms with Crippen LogP contribution in [0.4, 0.5) is 17.3 Å². The zero-order valence-corrected chi connectivity index (χ0v) is 21.3. The van der Waals surface area contributed by atoms with Crippen LogP contribution < -0.4 is 21.1 Å². The fourth-order valence-corrected chi connectivity index (χ4v) is 5.82. The summed E-state index contributed by atoms with van der Waals surface area (Å²) in [5.74, 6) is 2.02. The normalized spacial score (nSPS) is 21.5. The van der Waals surface area contributed by atoms with Gasteiger partial charge in [-0.05, 0) is 49.3 Å². The Morgan fingerprint density at radius 3 is 2.89 bits per heavy atom. The van der Waals surface area contributed by atoms with Crippen molar-refractivity contribution < 1.29 is 4.79 Å². The van der Waals surface area contributed by atoms with Crippen LogP contribution in [-0.2, 0) is 11.8 Å². The number of aryl methyl sites for hydroxylation is 1. The number of rotatable bonds is 5. The molecule has 2 fully saturated rings. The van der Waals surface area contributed by atoms with Gasteiger partial charge in [-0.2, -0.15) is 0 Å². The second-order valence-electron chi connectivity index (χ2n) is 9.87. The van der Waals surface area contributed by atoms with Gasteiger partial charge in [0.1, 0.15) is 17.3 Å². The Balaban J connectivity index is 1.48. The first kappa shape index (κ1) is 24.2. The lowest BCUT2D eigenvalue weighted by atomic mass is 9.69. The first-order valence-electron chi connectivity index (χ1n) is 12.2. The predicted molar refractivity (Wildman–Crippen MR) is 141 cm³/mol. The molecule has 2 N–H and O–H groups in total. The van der Waals surface area contributed by atoms with Crippen LogP contribution in [0.1, 0.15) is 32.1 Å². The molecule has 2 unspecified atom stereocenters. The van der Waals surface area contributed by atoms with E-state index in [0.717, 1.165) is 56.6 Å². The highest BCUT2D eigenvalue weighted by Crippen LogP contribution is 2.47. The molecule has 36 heavy (non-hydrogen) atoms. The van der Waals surface area contributed by atoms with Gasteiger partial charge in [0.15, 0.2) is 5.82 Å². The fraction of sp³-hybridized carbons (Fsp3) is 0.423. The SMILES string of the molecule is CNC(=O)C1CCCC2(CCN(c3cc(Nc4cc(Cl)cn(C)c4=O)nc(-c4cccnc4)n3)C2)C1. The molecular weight excluding hydrogens is 478 g/mol. The molecule has 188 valence electrons. The van der Waals surface area contributed by atoms with Crippen LogP contribution in [0.3, 0.4) is 0 Å². The van der Waals surface area contributed by atoms with Crippen LogP contribution in [0.2, 0.25) is 5.02 Å². The Hall–Kier alpha value is -3.46.